The highest BCUT2D eigenvalue weighted by atomic mass is 32.1. The van der Waals surface area contributed by atoms with Gasteiger partial charge in [-0.1, -0.05) is 18.2 Å². The Kier molecular flexibility index (Phi) is 3.17. The van der Waals surface area contributed by atoms with Crippen LogP contribution in [0.4, 0.5) is 10.1 Å². The number of hydrogen-bond donors (Lipinski definition) is 1. The summed E-state index contributed by atoms with van der Waals surface area (Å²) in [5, 5.41) is 4.24. The van der Waals surface area contributed by atoms with Crippen molar-refractivity contribution in [3.05, 3.63) is 58.9 Å². The molecule has 96 valence electrons. The molecular weight excluding hydrogens is 259 g/mol. The smallest absolute Gasteiger partial charge is 0.128 e. The second-order valence-electron chi connectivity index (χ2n) is 4.34. The van der Waals surface area contributed by atoms with Gasteiger partial charge in [-0.15, -0.1) is 11.3 Å². The Hall–Kier alpha value is -1.94. The summed E-state index contributed by atoms with van der Waals surface area (Å²) in [4.78, 5) is 4.54. The zero-order valence-electron chi connectivity index (χ0n) is 10.5. The third-order valence-electron chi connectivity index (χ3n) is 3.04. The molecule has 0 aliphatic rings. The van der Waals surface area contributed by atoms with Gasteiger partial charge in [-0.05, 0) is 31.2 Å². The number of hydrogen-bond acceptors (Lipinski definition) is 3. The lowest BCUT2D eigenvalue weighted by Crippen LogP contribution is -2.01. The van der Waals surface area contributed by atoms with Crippen molar-refractivity contribution < 1.29 is 4.39 Å². The van der Waals surface area contributed by atoms with Gasteiger partial charge in [-0.25, -0.2) is 9.37 Å². The average Bonchev–Trinajstić information content (AvgIpc) is 2.83. The van der Waals surface area contributed by atoms with Crippen LogP contribution in [0.5, 0.6) is 0 Å². The van der Waals surface area contributed by atoms with E-state index in [4.69, 9.17) is 0 Å². The molecule has 0 aliphatic heterocycles. The summed E-state index contributed by atoms with van der Waals surface area (Å²) in [5.41, 5.74) is 2.48. The van der Waals surface area contributed by atoms with Crippen molar-refractivity contribution in [2.75, 3.05) is 5.32 Å². The predicted molar refractivity (Wildman–Crippen MR) is 78.1 cm³/mol. The molecule has 0 aliphatic carbocycles. The summed E-state index contributed by atoms with van der Waals surface area (Å²) in [6, 6.07) is 13.1. The van der Waals surface area contributed by atoms with Crippen molar-refractivity contribution in [1.29, 1.82) is 0 Å². The summed E-state index contributed by atoms with van der Waals surface area (Å²) < 4.78 is 14.6. The SMILES string of the molecule is Cc1c(F)cccc1NCc1nc2ccccc2s1. The molecule has 1 aromatic heterocycles. The number of aromatic nitrogens is 1. The summed E-state index contributed by atoms with van der Waals surface area (Å²) in [6.07, 6.45) is 0. The Morgan fingerprint density at radius 3 is 2.84 bits per heavy atom. The predicted octanol–water partition coefficient (Wildman–Crippen LogP) is 4.36. The third-order valence-corrected chi connectivity index (χ3v) is 4.07. The van der Waals surface area contributed by atoms with Crippen LogP contribution in [-0.4, -0.2) is 4.98 Å². The number of fused-ring (bicyclic) bond motifs is 1. The van der Waals surface area contributed by atoms with E-state index in [2.05, 4.69) is 16.4 Å². The molecule has 2 aromatic carbocycles. The fraction of sp³-hybridized carbons (Fsp3) is 0.133. The van der Waals surface area contributed by atoms with Crippen LogP contribution < -0.4 is 5.32 Å². The van der Waals surface area contributed by atoms with Gasteiger partial charge in [0.05, 0.1) is 16.8 Å². The Morgan fingerprint density at radius 1 is 1.16 bits per heavy atom. The molecule has 1 N–H and O–H groups in total. The highest BCUT2D eigenvalue weighted by molar-refractivity contribution is 7.18. The highest BCUT2D eigenvalue weighted by Crippen LogP contribution is 2.23. The van der Waals surface area contributed by atoms with Crippen LogP contribution in [-0.2, 0) is 6.54 Å². The lowest BCUT2D eigenvalue weighted by molar-refractivity contribution is 0.619. The maximum atomic E-state index is 13.4. The second-order valence-corrected chi connectivity index (χ2v) is 5.46. The molecule has 1 heterocycles. The number of halogens is 1. The monoisotopic (exact) mass is 272 g/mol. The molecule has 0 amide bonds. The van der Waals surface area contributed by atoms with Crippen molar-refractivity contribution in [3.8, 4) is 0 Å². The topological polar surface area (TPSA) is 24.9 Å². The first-order chi connectivity index (χ1) is 9.24. The molecule has 3 rings (SSSR count). The Bertz CT molecular complexity index is 688. The van der Waals surface area contributed by atoms with Crippen LogP contribution >= 0.6 is 11.3 Å². The molecule has 0 fully saturated rings. The first kappa shape index (κ1) is 12.1. The van der Waals surface area contributed by atoms with E-state index in [1.807, 2.05) is 24.3 Å². The molecule has 0 unspecified atom stereocenters. The zero-order chi connectivity index (χ0) is 13.2. The van der Waals surface area contributed by atoms with Crippen LogP contribution in [0.1, 0.15) is 10.6 Å². The molecule has 19 heavy (non-hydrogen) atoms. The van der Waals surface area contributed by atoms with Crippen molar-refractivity contribution in [3.63, 3.8) is 0 Å². The quantitative estimate of drug-likeness (QED) is 0.766. The van der Waals surface area contributed by atoms with E-state index < -0.39 is 0 Å². The van der Waals surface area contributed by atoms with E-state index >= 15 is 0 Å². The van der Waals surface area contributed by atoms with E-state index in [9.17, 15) is 4.39 Å². The Morgan fingerprint density at radius 2 is 2.00 bits per heavy atom. The molecule has 3 aromatic rings. The van der Waals surface area contributed by atoms with Crippen molar-refractivity contribution in [2.24, 2.45) is 0 Å². The Balaban J connectivity index is 1.80. The van der Waals surface area contributed by atoms with Gasteiger partial charge in [0.1, 0.15) is 10.8 Å². The summed E-state index contributed by atoms with van der Waals surface area (Å²) in [6.45, 7) is 2.39. The van der Waals surface area contributed by atoms with Crippen LogP contribution in [0.15, 0.2) is 42.5 Å². The largest absolute Gasteiger partial charge is 0.378 e. The van der Waals surface area contributed by atoms with E-state index in [0.29, 0.717) is 12.1 Å². The minimum absolute atomic E-state index is 0.186. The number of nitrogens with zero attached hydrogens (tertiary/aromatic N) is 1. The number of nitrogens with one attached hydrogen (secondary N) is 1. The van der Waals surface area contributed by atoms with Crippen LogP contribution in [0, 0.1) is 12.7 Å². The molecule has 4 heteroatoms. The fourth-order valence-corrected chi connectivity index (χ4v) is 2.87. The van der Waals surface area contributed by atoms with Crippen LogP contribution in [0.25, 0.3) is 10.2 Å². The first-order valence-corrected chi connectivity index (χ1v) is 6.89. The number of anilines is 1. The molecule has 0 radical (unpaired) electrons. The molecule has 0 spiro atoms. The summed E-state index contributed by atoms with van der Waals surface area (Å²) in [7, 11) is 0. The van der Waals surface area contributed by atoms with Gasteiger partial charge in [0.15, 0.2) is 0 Å². The van der Waals surface area contributed by atoms with Gasteiger partial charge >= 0.3 is 0 Å². The van der Waals surface area contributed by atoms with E-state index in [1.54, 1.807) is 24.3 Å². The lowest BCUT2D eigenvalue weighted by atomic mass is 10.2. The molecule has 2 nitrogen and oxygen atoms in total. The minimum Gasteiger partial charge on any atom is -0.378 e. The highest BCUT2D eigenvalue weighted by Gasteiger charge is 2.05. The maximum Gasteiger partial charge on any atom is 0.128 e. The van der Waals surface area contributed by atoms with Crippen molar-refractivity contribution in [2.45, 2.75) is 13.5 Å². The van der Waals surface area contributed by atoms with Gasteiger partial charge in [-0.2, -0.15) is 0 Å². The lowest BCUT2D eigenvalue weighted by Gasteiger charge is -2.08. The third kappa shape index (κ3) is 2.44. The fourth-order valence-electron chi connectivity index (χ4n) is 1.97. The van der Waals surface area contributed by atoms with Crippen molar-refractivity contribution in [1.82, 2.24) is 4.98 Å². The maximum absolute atomic E-state index is 13.4. The summed E-state index contributed by atoms with van der Waals surface area (Å²) >= 11 is 1.66. The van der Waals surface area contributed by atoms with Crippen LogP contribution in [0.3, 0.4) is 0 Å². The Labute approximate surface area is 114 Å². The van der Waals surface area contributed by atoms with Gasteiger partial charge in [0.25, 0.3) is 0 Å². The molecule has 0 bridgehead atoms. The number of thiazole rings is 1. The van der Waals surface area contributed by atoms with Crippen LogP contribution in [0.2, 0.25) is 0 Å². The molecule has 0 atom stereocenters. The number of benzene rings is 2. The molecular formula is C15H13FN2S. The van der Waals surface area contributed by atoms with Gasteiger partial charge in [0, 0.05) is 11.3 Å². The zero-order valence-corrected chi connectivity index (χ0v) is 11.3. The molecule has 0 saturated carbocycles. The van der Waals surface area contributed by atoms with Crippen molar-refractivity contribution >= 4 is 27.2 Å². The van der Waals surface area contributed by atoms with Gasteiger partial charge in [-0.3, -0.25) is 0 Å². The minimum atomic E-state index is -0.186. The average molecular weight is 272 g/mol. The molecule has 0 saturated heterocycles. The van der Waals surface area contributed by atoms with E-state index in [1.165, 1.54) is 10.8 Å². The standard InChI is InChI=1S/C15H13FN2S/c1-10-11(16)5-4-7-12(10)17-9-15-18-13-6-2-3-8-14(13)19-15/h2-8,17H,9H2,1H3. The van der Waals surface area contributed by atoms with E-state index in [-0.39, 0.29) is 5.82 Å². The first-order valence-electron chi connectivity index (χ1n) is 6.07. The number of rotatable bonds is 3. The summed E-state index contributed by atoms with van der Waals surface area (Å²) in [5.74, 6) is -0.186. The van der Waals surface area contributed by atoms with Gasteiger partial charge < -0.3 is 5.32 Å². The number of para-hydroxylation sites is 1. The normalized spacial score (nSPS) is 10.8. The second kappa shape index (κ2) is 4.97. The van der Waals surface area contributed by atoms with E-state index in [0.717, 1.165) is 16.2 Å². The van der Waals surface area contributed by atoms with Gasteiger partial charge in [0.2, 0.25) is 0 Å².